The first-order chi connectivity index (χ1) is 10.5. The van der Waals surface area contributed by atoms with Gasteiger partial charge in [-0.25, -0.2) is 0 Å². The lowest BCUT2D eigenvalue weighted by molar-refractivity contribution is 0.0981. The first-order valence-electron chi connectivity index (χ1n) is 6.93. The maximum absolute atomic E-state index is 11.9. The van der Waals surface area contributed by atoms with Crippen molar-refractivity contribution in [3.63, 3.8) is 0 Å². The van der Waals surface area contributed by atoms with Gasteiger partial charge in [0.25, 0.3) is 5.91 Å². The van der Waals surface area contributed by atoms with E-state index in [2.05, 4.69) is 24.5 Å². The first kappa shape index (κ1) is 16.5. The molecule has 0 unspecified atom stereocenters. The second-order valence-corrected chi connectivity index (χ2v) is 6.47. The van der Waals surface area contributed by atoms with E-state index in [9.17, 15) is 4.79 Å². The maximum Gasteiger partial charge on any atom is 0.267 e. The van der Waals surface area contributed by atoms with E-state index in [-0.39, 0.29) is 11.0 Å². The lowest BCUT2D eigenvalue weighted by atomic mass is 10.2. The van der Waals surface area contributed by atoms with Gasteiger partial charge in [0.05, 0.1) is 11.5 Å². The highest BCUT2D eigenvalue weighted by Crippen LogP contribution is 2.16. The van der Waals surface area contributed by atoms with Crippen molar-refractivity contribution in [1.29, 1.82) is 0 Å². The number of hydrogen-bond donors (Lipinski definition) is 2. The number of anilines is 1. The summed E-state index contributed by atoms with van der Waals surface area (Å²) < 4.78 is 5.61. The number of amides is 1. The molecule has 6 heteroatoms. The van der Waals surface area contributed by atoms with Gasteiger partial charge in [0.1, 0.15) is 5.75 Å². The van der Waals surface area contributed by atoms with Crippen LogP contribution < -0.4 is 15.4 Å². The number of ether oxygens (including phenoxy) is 1. The molecular formula is C16H18N2O2S2. The molecule has 0 spiro atoms. The van der Waals surface area contributed by atoms with Gasteiger partial charge in [-0.2, -0.15) is 0 Å². The first-order valence-corrected chi connectivity index (χ1v) is 8.22. The van der Waals surface area contributed by atoms with E-state index in [4.69, 9.17) is 17.0 Å². The number of thiocarbonyl (C=S) groups is 1. The lowest BCUT2D eigenvalue weighted by Gasteiger charge is -2.11. The van der Waals surface area contributed by atoms with Gasteiger partial charge in [-0.15, -0.1) is 11.3 Å². The summed E-state index contributed by atoms with van der Waals surface area (Å²) >= 11 is 6.51. The van der Waals surface area contributed by atoms with Crippen molar-refractivity contribution in [3.05, 3.63) is 46.7 Å². The zero-order chi connectivity index (χ0) is 15.9. The van der Waals surface area contributed by atoms with Gasteiger partial charge in [-0.3, -0.25) is 10.1 Å². The summed E-state index contributed by atoms with van der Waals surface area (Å²) in [6, 6.07) is 11.0. The molecule has 0 atom stereocenters. The van der Waals surface area contributed by atoms with Crippen molar-refractivity contribution >= 4 is 40.3 Å². The van der Waals surface area contributed by atoms with Gasteiger partial charge < -0.3 is 10.1 Å². The molecule has 0 aliphatic heterocycles. The predicted octanol–water partition coefficient (Wildman–Crippen LogP) is 3.91. The van der Waals surface area contributed by atoms with Crippen molar-refractivity contribution in [2.45, 2.75) is 13.8 Å². The Labute approximate surface area is 139 Å². The fraction of sp³-hybridized carbons (Fsp3) is 0.250. The van der Waals surface area contributed by atoms with Crippen LogP contribution in [0, 0.1) is 5.92 Å². The SMILES string of the molecule is CC(C)COc1ccc(NC(=S)NC(=O)c2cccs2)cc1. The quantitative estimate of drug-likeness (QED) is 0.814. The van der Waals surface area contributed by atoms with E-state index in [1.54, 1.807) is 6.07 Å². The molecule has 0 saturated heterocycles. The summed E-state index contributed by atoms with van der Waals surface area (Å²) in [5.41, 5.74) is 0.799. The van der Waals surface area contributed by atoms with Crippen LogP contribution in [-0.2, 0) is 0 Å². The monoisotopic (exact) mass is 334 g/mol. The molecule has 0 aliphatic carbocycles. The average molecular weight is 334 g/mol. The summed E-state index contributed by atoms with van der Waals surface area (Å²) in [4.78, 5) is 12.5. The zero-order valence-corrected chi connectivity index (χ0v) is 14.1. The van der Waals surface area contributed by atoms with Crippen molar-refractivity contribution < 1.29 is 9.53 Å². The van der Waals surface area contributed by atoms with Gasteiger partial charge >= 0.3 is 0 Å². The van der Waals surface area contributed by atoms with E-state index in [0.29, 0.717) is 17.4 Å². The zero-order valence-electron chi connectivity index (χ0n) is 12.5. The molecule has 1 aromatic heterocycles. The number of benzene rings is 1. The second kappa shape index (κ2) is 7.91. The normalized spacial score (nSPS) is 10.3. The molecule has 1 aromatic carbocycles. The number of carbonyl (C=O) groups is 1. The molecule has 0 saturated carbocycles. The Balaban J connectivity index is 1.85. The Morgan fingerprint density at radius 3 is 2.59 bits per heavy atom. The number of thiophene rings is 1. The molecule has 0 fully saturated rings. The number of rotatable bonds is 5. The van der Waals surface area contributed by atoms with Crippen molar-refractivity contribution in [2.75, 3.05) is 11.9 Å². The van der Waals surface area contributed by atoms with E-state index >= 15 is 0 Å². The van der Waals surface area contributed by atoms with Crippen LogP contribution in [0.2, 0.25) is 0 Å². The van der Waals surface area contributed by atoms with Crippen LogP contribution in [0.15, 0.2) is 41.8 Å². The minimum absolute atomic E-state index is 0.204. The minimum atomic E-state index is -0.204. The summed E-state index contributed by atoms with van der Waals surface area (Å²) in [6.07, 6.45) is 0. The molecule has 1 amide bonds. The largest absolute Gasteiger partial charge is 0.493 e. The number of carbonyl (C=O) groups excluding carboxylic acids is 1. The summed E-state index contributed by atoms with van der Waals surface area (Å²) in [7, 11) is 0. The molecule has 0 aliphatic rings. The van der Waals surface area contributed by atoms with E-state index in [1.807, 2.05) is 35.7 Å². The predicted molar refractivity (Wildman–Crippen MR) is 94.8 cm³/mol. The van der Waals surface area contributed by atoms with Gasteiger partial charge in [0, 0.05) is 5.69 Å². The Hall–Kier alpha value is -1.92. The van der Waals surface area contributed by atoms with Crippen LogP contribution in [-0.4, -0.2) is 17.6 Å². The third-order valence-electron chi connectivity index (χ3n) is 2.67. The summed E-state index contributed by atoms with van der Waals surface area (Å²) in [5, 5.41) is 7.74. The summed E-state index contributed by atoms with van der Waals surface area (Å²) in [6.45, 7) is 4.89. The van der Waals surface area contributed by atoms with Crippen molar-refractivity contribution in [2.24, 2.45) is 5.92 Å². The Morgan fingerprint density at radius 1 is 1.27 bits per heavy atom. The lowest BCUT2D eigenvalue weighted by Crippen LogP contribution is -2.33. The average Bonchev–Trinajstić information content (AvgIpc) is 3.00. The number of hydrogen-bond acceptors (Lipinski definition) is 4. The molecule has 2 rings (SSSR count). The molecule has 2 aromatic rings. The standard InChI is InChI=1S/C16H18N2O2S2/c1-11(2)10-20-13-7-5-12(6-8-13)17-16(21)18-15(19)14-4-3-9-22-14/h3-9,11H,10H2,1-2H3,(H2,17,18,19,21). The molecule has 1 heterocycles. The molecule has 116 valence electrons. The highest BCUT2D eigenvalue weighted by Gasteiger charge is 2.08. The molecular weight excluding hydrogens is 316 g/mol. The van der Waals surface area contributed by atoms with Crippen LogP contribution in [0.4, 0.5) is 5.69 Å². The Kier molecular flexibility index (Phi) is 5.91. The van der Waals surface area contributed by atoms with E-state index in [1.165, 1.54) is 11.3 Å². The molecule has 4 nitrogen and oxygen atoms in total. The smallest absolute Gasteiger partial charge is 0.267 e. The van der Waals surface area contributed by atoms with E-state index < -0.39 is 0 Å². The topological polar surface area (TPSA) is 50.4 Å². The fourth-order valence-corrected chi connectivity index (χ4v) is 2.46. The highest BCUT2D eigenvalue weighted by atomic mass is 32.1. The minimum Gasteiger partial charge on any atom is -0.493 e. The van der Waals surface area contributed by atoms with Crippen molar-refractivity contribution in [1.82, 2.24) is 5.32 Å². The van der Waals surface area contributed by atoms with Gasteiger partial charge in [-0.05, 0) is 53.8 Å². The van der Waals surface area contributed by atoms with Crippen LogP contribution in [0.25, 0.3) is 0 Å². The van der Waals surface area contributed by atoms with Crippen molar-refractivity contribution in [3.8, 4) is 5.75 Å². The van der Waals surface area contributed by atoms with E-state index in [0.717, 1.165) is 11.4 Å². The second-order valence-electron chi connectivity index (χ2n) is 5.11. The van der Waals surface area contributed by atoms with Crippen LogP contribution >= 0.6 is 23.6 Å². The highest BCUT2D eigenvalue weighted by molar-refractivity contribution is 7.80. The molecule has 0 bridgehead atoms. The van der Waals surface area contributed by atoms with Crippen LogP contribution in [0.5, 0.6) is 5.75 Å². The van der Waals surface area contributed by atoms with Crippen LogP contribution in [0.3, 0.4) is 0 Å². The van der Waals surface area contributed by atoms with Crippen LogP contribution in [0.1, 0.15) is 23.5 Å². The third-order valence-corrected chi connectivity index (χ3v) is 3.74. The third kappa shape index (κ3) is 5.13. The Morgan fingerprint density at radius 2 is 2.00 bits per heavy atom. The Bertz CT molecular complexity index is 622. The fourth-order valence-electron chi connectivity index (χ4n) is 1.63. The molecule has 2 N–H and O–H groups in total. The van der Waals surface area contributed by atoms with Gasteiger partial charge in [-0.1, -0.05) is 19.9 Å². The molecule has 0 radical (unpaired) electrons. The van der Waals surface area contributed by atoms with Gasteiger partial charge in [0.15, 0.2) is 5.11 Å². The maximum atomic E-state index is 11.9. The summed E-state index contributed by atoms with van der Waals surface area (Å²) in [5.74, 6) is 1.09. The molecule has 22 heavy (non-hydrogen) atoms. The van der Waals surface area contributed by atoms with Gasteiger partial charge in [0.2, 0.25) is 0 Å². The number of nitrogens with one attached hydrogen (secondary N) is 2.